The number of aromatic amines is 1. The van der Waals surface area contributed by atoms with Gasteiger partial charge in [-0.05, 0) is 51.1 Å². The number of carbonyl (C=O) groups is 1. The number of nitrogens with zero attached hydrogens (tertiary/aromatic N) is 7. The molecule has 4 aromatic rings. The normalized spacial score (nSPS) is 24.7. The standard InChI is InChI=1S/C26H30N10O3S/c1-40(38,39)22-21(15-9-16-5-6-17(10-15)35(16)26(37)24-30-13-31-34-24)33-25-18(12-32-36(25)23(22)27)14-4-7-20(29-11-14)19-3-2-8-28-19/h4,7,11-13,15-17,19,28H,2-3,5-6,8-10,27H2,1H3,(H,30,31,34)/t15?,16-,17+,19?. The Morgan fingerprint density at radius 2 is 1.90 bits per heavy atom. The lowest BCUT2D eigenvalue weighted by molar-refractivity contribution is 0.0556. The number of amides is 1. The molecule has 4 atom stereocenters. The topological polar surface area (TPSA) is 177 Å². The van der Waals surface area contributed by atoms with Crippen molar-refractivity contribution >= 4 is 27.2 Å². The van der Waals surface area contributed by atoms with Crippen LogP contribution in [0.3, 0.4) is 0 Å². The van der Waals surface area contributed by atoms with E-state index < -0.39 is 9.84 Å². The highest BCUT2D eigenvalue weighted by Gasteiger charge is 2.46. The molecule has 0 aromatic carbocycles. The van der Waals surface area contributed by atoms with E-state index in [-0.39, 0.29) is 46.5 Å². The Hall–Kier alpha value is -3.91. The van der Waals surface area contributed by atoms with Gasteiger partial charge >= 0.3 is 0 Å². The summed E-state index contributed by atoms with van der Waals surface area (Å²) in [4.78, 5) is 28.7. The summed E-state index contributed by atoms with van der Waals surface area (Å²) in [5.41, 5.74) is 9.99. The van der Waals surface area contributed by atoms with Crippen LogP contribution in [-0.2, 0) is 9.84 Å². The van der Waals surface area contributed by atoms with Crippen LogP contribution < -0.4 is 11.1 Å². The van der Waals surface area contributed by atoms with Crippen LogP contribution in [0.25, 0.3) is 16.8 Å². The number of nitrogen functional groups attached to an aromatic ring is 1. The summed E-state index contributed by atoms with van der Waals surface area (Å²) in [5, 5.41) is 14.4. The molecule has 13 nitrogen and oxygen atoms in total. The maximum absolute atomic E-state index is 13.1. The number of sulfone groups is 1. The van der Waals surface area contributed by atoms with Crippen LogP contribution in [0.4, 0.5) is 5.82 Å². The first-order valence-corrected chi connectivity index (χ1v) is 15.4. The van der Waals surface area contributed by atoms with Crippen molar-refractivity contribution in [1.29, 1.82) is 0 Å². The summed E-state index contributed by atoms with van der Waals surface area (Å²) >= 11 is 0. The van der Waals surface area contributed by atoms with E-state index in [0.717, 1.165) is 55.3 Å². The highest BCUT2D eigenvalue weighted by Crippen LogP contribution is 2.45. The largest absolute Gasteiger partial charge is 0.382 e. The molecule has 208 valence electrons. The van der Waals surface area contributed by atoms with Crippen molar-refractivity contribution in [3.63, 3.8) is 0 Å². The molecule has 2 bridgehead atoms. The number of pyridine rings is 1. The minimum absolute atomic E-state index is 0.00911. The van der Waals surface area contributed by atoms with Crippen molar-refractivity contribution in [2.75, 3.05) is 18.5 Å². The van der Waals surface area contributed by atoms with Crippen LogP contribution in [0.5, 0.6) is 0 Å². The molecule has 4 aromatic heterocycles. The summed E-state index contributed by atoms with van der Waals surface area (Å²) in [5.74, 6) is -0.120. The van der Waals surface area contributed by atoms with Gasteiger partial charge in [0.2, 0.25) is 5.82 Å². The van der Waals surface area contributed by atoms with Crippen LogP contribution in [0.2, 0.25) is 0 Å². The third-order valence-electron chi connectivity index (χ3n) is 8.52. The van der Waals surface area contributed by atoms with Crippen LogP contribution in [-0.4, -0.2) is 78.9 Å². The number of nitrogens with one attached hydrogen (secondary N) is 2. The molecule has 3 aliphatic heterocycles. The van der Waals surface area contributed by atoms with Crippen molar-refractivity contribution in [1.82, 2.24) is 45.0 Å². The third-order valence-corrected chi connectivity index (χ3v) is 9.68. The number of carbonyl (C=O) groups excluding carboxylic acids is 1. The molecule has 0 aliphatic carbocycles. The number of anilines is 1. The molecule has 0 saturated carbocycles. The lowest BCUT2D eigenvalue weighted by Gasteiger charge is -2.38. The third kappa shape index (κ3) is 4.04. The van der Waals surface area contributed by atoms with Crippen LogP contribution in [0.1, 0.15) is 72.5 Å². The van der Waals surface area contributed by atoms with E-state index in [4.69, 9.17) is 10.7 Å². The number of aromatic nitrogens is 7. The number of piperidine rings is 1. The number of fused-ring (bicyclic) bond motifs is 3. The van der Waals surface area contributed by atoms with Gasteiger partial charge in [-0.1, -0.05) is 6.07 Å². The van der Waals surface area contributed by atoms with E-state index in [0.29, 0.717) is 24.2 Å². The van der Waals surface area contributed by atoms with E-state index in [9.17, 15) is 13.2 Å². The van der Waals surface area contributed by atoms with Gasteiger partial charge in [0.15, 0.2) is 15.5 Å². The van der Waals surface area contributed by atoms with E-state index in [1.165, 1.54) is 10.8 Å². The van der Waals surface area contributed by atoms with Crippen molar-refractivity contribution in [3.8, 4) is 11.1 Å². The molecule has 0 spiro atoms. The first kappa shape index (κ1) is 25.1. The molecule has 40 heavy (non-hydrogen) atoms. The van der Waals surface area contributed by atoms with E-state index in [2.05, 4.69) is 30.6 Å². The predicted molar refractivity (Wildman–Crippen MR) is 145 cm³/mol. The van der Waals surface area contributed by atoms with Crippen LogP contribution in [0.15, 0.2) is 35.7 Å². The molecule has 7 rings (SSSR count). The summed E-state index contributed by atoms with van der Waals surface area (Å²) in [6.07, 6.45) is 10.9. The monoisotopic (exact) mass is 562 g/mol. The zero-order valence-electron chi connectivity index (χ0n) is 22.0. The van der Waals surface area contributed by atoms with Gasteiger partial charge in [0.25, 0.3) is 5.91 Å². The fourth-order valence-electron chi connectivity index (χ4n) is 6.75. The second-order valence-corrected chi connectivity index (χ2v) is 13.0. The molecule has 2 unspecified atom stereocenters. The molecule has 0 radical (unpaired) electrons. The van der Waals surface area contributed by atoms with Crippen molar-refractivity contribution in [2.45, 2.75) is 67.5 Å². The second kappa shape index (κ2) is 9.34. The SMILES string of the molecule is CS(=O)(=O)c1c(C2C[C@H]3CC[C@@H](C2)N3C(=O)c2ncn[nH]2)nc2c(-c3ccc(C4CCCN4)nc3)cnn2c1N. The smallest absolute Gasteiger partial charge is 0.291 e. The van der Waals surface area contributed by atoms with Gasteiger partial charge in [-0.25, -0.2) is 18.4 Å². The molecular formula is C26H30N10O3S. The Kier molecular flexibility index (Phi) is 5.85. The minimum atomic E-state index is -3.73. The number of hydrogen-bond donors (Lipinski definition) is 3. The Bertz CT molecular complexity index is 1680. The van der Waals surface area contributed by atoms with Gasteiger partial charge in [-0.3, -0.25) is 14.9 Å². The van der Waals surface area contributed by atoms with Crippen LogP contribution in [0, 0.1) is 0 Å². The number of hydrogen-bond acceptors (Lipinski definition) is 10. The highest BCUT2D eigenvalue weighted by atomic mass is 32.2. The summed E-state index contributed by atoms with van der Waals surface area (Å²) < 4.78 is 27.5. The molecular weight excluding hydrogens is 532 g/mol. The van der Waals surface area contributed by atoms with Gasteiger partial charge in [-0.15, -0.1) is 0 Å². The lowest BCUT2D eigenvalue weighted by atomic mass is 9.87. The van der Waals surface area contributed by atoms with Gasteiger partial charge in [-0.2, -0.15) is 14.7 Å². The average molecular weight is 563 g/mol. The zero-order valence-corrected chi connectivity index (χ0v) is 22.8. The molecule has 4 N–H and O–H groups in total. The Morgan fingerprint density at radius 3 is 2.52 bits per heavy atom. The Labute approximate surface area is 230 Å². The maximum Gasteiger partial charge on any atom is 0.291 e. The summed E-state index contributed by atoms with van der Waals surface area (Å²) in [6.45, 7) is 0.992. The minimum Gasteiger partial charge on any atom is -0.382 e. The molecule has 7 heterocycles. The fourth-order valence-corrected chi connectivity index (χ4v) is 7.81. The van der Waals surface area contributed by atoms with Gasteiger partial charge in [0, 0.05) is 47.6 Å². The van der Waals surface area contributed by atoms with E-state index in [1.807, 2.05) is 23.2 Å². The van der Waals surface area contributed by atoms with Gasteiger partial charge in [0.05, 0.1) is 17.6 Å². The van der Waals surface area contributed by atoms with E-state index >= 15 is 0 Å². The van der Waals surface area contributed by atoms with Crippen molar-refractivity contribution < 1.29 is 13.2 Å². The predicted octanol–water partition coefficient (Wildman–Crippen LogP) is 1.87. The maximum atomic E-state index is 13.1. The Balaban J connectivity index is 1.27. The van der Waals surface area contributed by atoms with Crippen molar-refractivity contribution in [3.05, 3.63) is 48.1 Å². The van der Waals surface area contributed by atoms with E-state index in [1.54, 1.807) is 6.20 Å². The average Bonchev–Trinajstić information content (AvgIpc) is 3.74. The van der Waals surface area contributed by atoms with Gasteiger partial charge < -0.3 is 16.0 Å². The fraction of sp³-hybridized carbons (Fsp3) is 0.462. The van der Waals surface area contributed by atoms with Crippen molar-refractivity contribution in [2.24, 2.45) is 0 Å². The molecule has 3 aliphatic rings. The molecule has 3 fully saturated rings. The number of nitrogens with two attached hydrogens (primary N) is 1. The summed E-state index contributed by atoms with van der Waals surface area (Å²) in [7, 11) is -3.73. The zero-order chi connectivity index (χ0) is 27.6. The number of rotatable bonds is 5. The van der Waals surface area contributed by atoms with Gasteiger partial charge in [0.1, 0.15) is 17.0 Å². The second-order valence-electron chi connectivity index (χ2n) is 11.0. The lowest BCUT2D eigenvalue weighted by Crippen LogP contribution is -2.46. The highest BCUT2D eigenvalue weighted by molar-refractivity contribution is 7.91. The molecule has 3 saturated heterocycles. The Morgan fingerprint density at radius 1 is 1.10 bits per heavy atom. The first-order valence-electron chi connectivity index (χ1n) is 13.5. The quantitative estimate of drug-likeness (QED) is 0.325. The summed E-state index contributed by atoms with van der Waals surface area (Å²) in [6, 6.07) is 4.15. The number of H-pyrrole nitrogens is 1. The van der Waals surface area contributed by atoms with Crippen LogP contribution >= 0.6 is 0 Å². The molecule has 1 amide bonds. The first-order chi connectivity index (χ1) is 19.3. The molecule has 14 heteroatoms.